The van der Waals surface area contributed by atoms with Gasteiger partial charge in [0.05, 0.1) is 33.0 Å². The van der Waals surface area contributed by atoms with E-state index >= 15 is 8.78 Å². The highest BCUT2D eigenvalue weighted by Crippen LogP contribution is 2.49. The zero-order valence-electron chi connectivity index (χ0n) is 25.4. The molecule has 0 bridgehead atoms. The highest BCUT2D eigenvalue weighted by molar-refractivity contribution is 6.38. The van der Waals surface area contributed by atoms with Gasteiger partial charge in [-0.15, -0.1) is 0 Å². The number of hydrogen-bond donors (Lipinski definition) is 2. The lowest BCUT2D eigenvalue weighted by atomic mass is 9.96. The second-order valence-corrected chi connectivity index (χ2v) is 12.2. The number of phenolic OH excluding ortho intramolecular Hbond substituents is 1. The van der Waals surface area contributed by atoms with Crippen molar-refractivity contribution in [3.8, 4) is 22.6 Å². The molecule has 0 saturated carbocycles. The van der Waals surface area contributed by atoms with Crippen molar-refractivity contribution in [1.82, 2.24) is 19.4 Å². The minimum absolute atomic E-state index is 0.149. The van der Waals surface area contributed by atoms with Gasteiger partial charge in [0, 0.05) is 43.5 Å². The molecule has 4 aromatic rings. The van der Waals surface area contributed by atoms with E-state index in [2.05, 4.69) is 21.9 Å². The molecule has 2 N–H and O–H groups in total. The number of aromatic hydroxyl groups is 1. The quantitative estimate of drug-likeness (QED) is 0.269. The Bertz CT molecular complexity index is 1920. The lowest BCUT2D eigenvalue weighted by Gasteiger charge is -2.47. The summed E-state index contributed by atoms with van der Waals surface area (Å²) in [7, 11) is 0. The summed E-state index contributed by atoms with van der Waals surface area (Å²) >= 11 is 6.95. The third kappa shape index (κ3) is 4.80. The number of aromatic nitrogens is 3. The van der Waals surface area contributed by atoms with Crippen LogP contribution in [0.3, 0.4) is 0 Å². The Kier molecular flexibility index (Phi) is 7.76. The molecular formula is C33H33ClF2N6O3. The fraction of sp³-hybridized carbons (Fsp3) is 0.333. The number of piperazine rings is 1. The molecule has 2 atom stereocenters. The van der Waals surface area contributed by atoms with Gasteiger partial charge in [-0.25, -0.2) is 13.6 Å². The molecule has 1 amide bonds. The smallest absolute Gasteiger partial charge is 0.354 e. The first-order valence-corrected chi connectivity index (χ1v) is 15.2. The highest BCUT2D eigenvalue weighted by atomic mass is 35.5. The number of nitrogens with zero attached hydrogens (tertiary/aromatic N) is 5. The monoisotopic (exact) mass is 634 g/mol. The van der Waals surface area contributed by atoms with Gasteiger partial charge < -0.3 is 20.2 Å². The van der Waals surface area contributed by atoms with E-state index < -0.39 is 28.6 Å². The molecule has 9 nitrogen and oxygen atoms in total. The number of aryl methyl sites for hydroxylation is 1. The largest absolute Gasteiger partial charge is 0.507 e. The SMILES string of the molecule is C=CC(=O)N1CC2CCNc3c(Cl)c(-c4c(O)cccc4F)c(F)c4c3c(nc(=O)n4-c3c(C)ccnc3C(C)C)N2CC1C. The number of amides is 1. The minimum atomic E-state index is -0.995. The zero-order valence-corrected chi connectivity index (χ0v) is 26.1. The van der Waals surface area contributed by atoms with Crippen LogP contribution in [-0.4, -0.2) is 62.2 Å². The first-order valence-electron chi connectivity index (χ1n) is 14.8. The van der Waals surface area contributed by atoms with Gasteiger partial charge in [0.1, 0.15) is 22.9 Å². The van der Waals surface area contributed by atoms with Crippen LogP contribution >= 0.6 is 11.6 Å². The van der Waals surface area contributed by atoms with E-state index in [1.165, 1.54) is 22.8 Å². The van der Waals surface area contributed by atoms with Crippen LogP contribution in [0.5, 0.6) is 5.75 Å². The van der Waals surface area contributed by atoms with Crippen molar-refractivity contribution in [2.45, 2.75) is 52.1 Å². The summed E-state index contributed by atoms with van der Waals surface area (Å²) < 4.78 is 33.9. The van der Waals surface area contributed by atoms with E-state index in [1.54, 1.807) is 24.1 Å². The van der Waals surface area contributed by atoms with Crippen molar-refractivity contribution in [2.75, 3.05) is 29.9 Å². The summed E-state index contributed by atoms with van der Waals surface area (Å²) in [6.45, 7) is 12.2. The molecule has 2 aromatic carbocycles. The molecule has 2 aromatic heterocycles. The molecular weight excluding hydrogens is 602 g/mol. The summed E-state index contributed by atoms with van der Waals surface area (Å²) in [5.41, 5.74) is 0.0733. The van der Waals surface area contributed by atoms with E-state index in [-0.39, 0.29) is 56.9 Å². The second-order valence-electron chi connectivity index (χ2n) is 11.9. The van der Waals surface area contributed by atoms with Gasteiger partial charge in [0.25, 0.3) is 0 Å². The molecule has 4 heterocycles. The lowest BCUT2D eigenvalue weighted by Crippen LogP contribution is -2.60. The number of fused-ring (bicyclic) bond motifs is 2. The number of rotatable bonds is 4. The predicted molar refractivity (Wildman–Crippen MR) is 172 cm³/mol. The maximum absolute atomic E-state index is 17.4. The summed E-state index contributed by atoms with van der Waals surface area (Å²) in [6, 6.07) is 4.85. The molecule has 12 heteroatoms. The number of nitrogens with one attached hydrogen (secondary N) is 1. The minimum Gasteiger partial charge on any atom is -0.507 e. The number of halogens is 3. The first kappa shape index (κ1) is 30.5. The Morgan fingerprint density at radius 1 is 1.22 bits per heavy atom. The molecule has 234 valence electrons. The molecule has 0 aliphatic carbocycles. The fourth-order valence-corrected chi connectivity index (χ4v) is 6.91. The third-order valence-corrected chi connectivity index (χ3v) is 9.09. The molecule has 6 rings (SSSR count). The van der Waals surface area contributed by atoms with Crippen molar-refractivity contribution in [1.29, 1.82) is 0 Å². The highest BCUT2D eigenvalue weighted by Gasteiger charge is 2.39. The topological polar surface area (TPSA) is 104 Å². The van der Waals surface area contributed by atoms with Crippen LogP contribution in [0.25, 0.3) is 27.7 Å². The average Bonchev–Trinajstić information content (AvgIpc) is 2.99. The fourth-order valence-electron chi connectivity index (χ4n) is 6.58. The molecule has 2 unspecified atom stereocenters. The summed E-state index contributed by atoms with van der Waals surface area (Å²) in [4.78, 5) is 39.7. The number of hydrogen-bond acceptors (Lipinski definition) is 7. The lowest BCUT2D eigenvalue weighted by molar-refractivity contribution is -0.128. The molecule has 1 saturated heterocycles. The number of phenols is 1. The maximum atomic E-state index is 17.4. The Morgan fingerprint density at radius 3 is 2.67 bits per heavy atom. The van der Waals surface area contributed by atoms with Gasteiger partial charge in [-0.3, -0.25) is 14.3 Å². The molecule has 2 aliphatic rings. The number of pyridine rings is 1. The van der Waals surface area contributed by atoms with E-state index in [9.17, 15) is 14.7 Å². The summed E-state index contributed by atoms with van der Waals surface area (Å²) in [5.74, 6) is -2.53. The van der Waals surface area contributed by atoms with Gasteiger partial charge in [-0.2, -0.15) is 4.98 Å². The molecule has 45 heavy (non-hydrogen) atoms. The van der Waals surface area contributed by atoms with Crippen LogP contribution < -0.4 is 15.9 Å². The number of benzene rings is 2. The van der Waals surface area contributed by atoms with E-state index in [0.717, 1.165) is 6.07 Å². The van der Waals surface area contributed by atoms with Crippen LogP contribution in [0.15, 0.2) is 47.9 Å². The second kappa shape index (κ2) is 11.4. The van der Waals surface area contributed by atoms with Crippen molar-refractivity contribution in [2.24, 2.45) is 0 Å². The standard InChI is InChI=1S/C33H33ClF2N6O3/c1-6-22(44)40-15-19-11-13-38-29-25-31(27(36)24(26(29)34)23-20(35)8-7-9-21(23)43)42(30-17(4)10-12-37-28(30)16(2)3)33(45)39-32(25)41(19)14-18(40)5/h6-10,12,16,18-19,38,43H,1,11,13-15H2,2-5H3. The number of carbonyl (C=O) groups is 1. The van der Waals surface area contributed by atoms with Crippen LogP contribution in [-0.2, 0) is 4.79 Å². The van der Waals surface area contributed by atoms with Gasteiger partial charge >= 0.3 is 5.69 Å². The maximum Gasteiger partial charge on any atom is 0.354 e. The van der Waals surface area contributed by atoms with Gasteiger partial charge in [-0.05, 0) is 56.0 Å². The van der Waals surface area contributed by atoms with E-state index in [1.807, 2.05) is 25.7 Å². The number of carbonyl (C=O) groups excluding carboxylic acids is 1. The Hall–Kier alpha value is -4.51. The van der Waals surface area contributed by atoms with Gasteiger partial charge in [0.15, 0.2) is 5.82 Å². The van der Waals surface area contributed by atoms with Crippen LogP contribution in [0, 0.1) is 18.6 Å². The molecule has 0 radical (unpaired) electrons. The van der Waals surface area contributed by atoms with Crippen molar-refractivity contribution in [3.05, 3.63) is 81.5 Å². The third-order valence-electron chi connectivity index (χ3n) is 8.71. The van der Waals surface area contributed by atoms with E-state index in [4.69, 9.17) is 11.6 Å². The first-order chi connectivity index (χ1) is 21.5. The molecule has 0 spiro atoms. The van der Waals surface area contributed by atoms with Crippen molar-refractivity contribution in [3.63, 3.8) is 0 Å². The molecule has 1 fully saturated rings. The summed E-state index contributed by atoms with van der Waals surface area (Å²) in [6.07, 6.45) is 3.42. The van der Waals surface area contributed by atoms with Crippen LogP contribution in [0.2, 0.25) is 5.02 Å². The van der Waals surface area contributed by atoms with Gasteiger partial charge in [-0.1, -0.05) is 38.1 Å². The Labute approximate surface area is 263 Å². The van der Waals surface area contributed by atoms with Gasteiger partial charge in [0.2, 0.25) is 5.91 Å². The van der Waals surface area contributed by atoms with Crippen molar-refractivity contribution < 1.29 is 18.7 Å². The number of anilines is 2. The average molecular weight is 635 g/mol. The Balaban J connectivity index is 1.77. The molecule has 2 aliphatic heterocycles. The van der Waals surface area contributed by atoms with Crippen molar-refractivity contribution >= 4 is 39.9 Å². The zero-order chi connectivity index (χ0) is 32.3. The normalized spacial score (nSPS) is 18.0. The summed E-state index contributed by atoms with van der Waals surface area (Å²) in [5, 5.41) is 14.1. The van der Waals surface area contributed by atoms with E-state index in [0.29, 0.717) is 43.0 Å². The van der Waals surface area contributed by atoms with Crippen LogP contribution in [0.4, 0.5) is 20.3 Å². The Morgan fingerprint density at radius 2 is 1.98 bits per heavy atom. The predicted octanol–water partition coefficient (Wildman–Crippen LogP) is 5.92. The van der Waals surface area contributed by atoms with Crippen LogP contribution in [0.1, 0.15) is 44.4 Å².